The molecule has 3 N–H and O–H groups in total. The average molecular weight is 256 g/mol. The number of fused-ring (bicyclic) bond motifs is 5. The van der Waals surface area contributed by atoms with Gasteiger partial charge in [-0.3, -0.25) is 9.20 Å². The third-order valence-corrected chi connectivity index (χ3v) is 3.52. The van der Waals surface area contributed by atoms with Gasteiger partial charge in [0.2, 0.25) is 5.65 Å². The number of hydrogen-bond donors (Lipinski definition) is 2. The summed E-state index contributed by atoms with van der Waals surface area (Å²) in [5.41, 5.74) is 8.22. The minimum atomic E-state index is -0.478. The molecule has 0 fully saturated rings. The number of nitrogens with zero attached hydrogens (tertiary/aromatic N) is 2. The highest BCUT2D eigenvalue weighted by atomic mass is 19.1. The van der Waals surface area contributed by atoms with Crippen molar-refractivity contribution >= 4 is 5.65 Å². The van der Waals surface area contributed by atoms with E-state index >= 15 is 0 Å². The topological polar surface area (TPSA) is 76.2 Å². The number of hydrogen-bond acceptors (Lipinski definition) is 3. The van der Waals surface area contributed by atoms with Crippen molar-refractivity contribution < 1.29 is 4.39 Å². The van der Waals surface area contributed by atoms with Crippen molar-refractivity contribution in [1.82, 2.24) is 14.4 Å². The molecule has 1 aliphatic rings. The first kappa shape index (κ1) is 10.5. The molecule has 94 valence electrons. The Labute approximate surface area is 106 Å². The first-order valence-corrected chi connectivity index (χ1v) is 5.82. The second-order valence-electron chi connectivity index (χ2n) is 4.52. The van der Waals surface area contributed by atoms with Crippen molar-refractivity contribution in [3.8, 4) is 11.3 Å². The van der Waals surface area contributed by atoms with Crippen LogP contribution in [-0.2, 0) is 0 Å². The molecule has 2 heterocycles. The second kappa shape index (κ2) is 3.30. The van der Waals surface area contributed by atoms with Crippen molar-refractivity contribution in [3.05, 3.63) is 58.0 Å². The molecule has 4 rings (SSSR count). The molecule has 0 saturated carbocycles. The molecular formula is C13H9FN4O. The van der Waals surface area contributed by atoms with Crippen LogP contribution in [0.4, 0.5) is 4.39 Å². The summed E-state index contributed by atoms with van der Waals surface area (Å²) >= 11 is 0. The lowest BCUT2D eigenvalue weighted by Crippen LogP contribution is -2.18. The maximum absolute atomic E-state index is 14.0. The average Bonchev–Trinajstić information content (AvgIpc) is 2.95. The van der Waals surface area contributed by atoms with Crippen LogP contribution in [0, 0.1) is 5.82 Å². The van der Waals surface area contributed by atoms with E-state index in [1.165, 1.54) is 12.3 Å². The summed E-state index contributed by atoms with van der Waals surface area (Å²) in [5, 5.41) is 0. The van der Waals surface area contributed by atoms with Gasteiger partial charge in [0.15, 0.2) is 0 Å². The van der Waals surface area contributed by atoms with Crippen molar-refractivity contribution in [2.75, 3.05) is 0 Å². The summed E-state index contributed by atoms with van der Waals surface area (Å²) < 4.78 is 15.6. The lowest BCUT2D eigenvalue weighted by molar-refractivity contribution is 0.629. The third kappa shape index (κ3) is 1.16. The Balaban J connectivity index is 2.23. The molecule has 0 amide bonds. The highest BCUT2D eigenvalue weighted by Crippen LogP contribution is 2.41. The van der Waals surface area contributed by atoms with Crippen LogP contribution in [0.3, 0.4) is 0 Å². The minimum Gasteiger partial charge on any atom is -0.319 e. The fraction of sp³-hybridized carbons (Fsp3) is 0.0769. The van der Waals surface area contributed by atoms with Crippen molar-refractivity contribution in [3.63, 3.8) is 0 Å². The van der Waals surface area contributed by atoms with Crippen LogP contribution >= 0.6 is 0 Å². The Morgan fingerprint density at radius 2 is 2.26 bits per heavy atom. The monoisotopic (exact) mass is 256 g/mol. The maximum Gasteiger partial charge on any atom is 0.292 e. The molecule has 3 aromatic rings. The van der Waals surface area contributed by atoms with Crippen LogP contribution < -0.4 is 11.3 Å². The fourth-order valence-electron chi connectivity index (χ4n) is 2.73. The third-order valence-electron chi connectivity index (χ3n) is 3.52. The van der Waals surface area contributed by atoms with Crippen LogP contribution in [0.2, 0.25) is 0 Å². The van der Waals surface area contributed by atoms with E-state index in [2.05, 4.69) is 9.97 Å². The lowest BCUT2D eigenvalue weighted by Gasteiger charge is -2.08. The largest absolute Gasteiger partial charge is 0.319 e. The second-order valence-corrected chi connectivity index (χ2v) is 4.52. The zero-order valence-corrected chi connectivity index (χ0v) is 9.72. The fourth-order valence-corrected chi connectivity index (χ4v) is 2.73. The Bertz CT molecular complexity index is 880. The smallest absolute Gasteiger partial charge is 0.292 e. The summed E-state index contributed by atoms with van der Waals surface area (Å²) in [7, 11) is 0. The Hall–Kier alpha value is -2.47. The molecule has 2 aromatic heterocycles. The number of H-pyrrole nitrogens is 1. The van der Waals surface area contributed by atoms with Gasteiger partial charge in [0, 0.05) is 18.0 Å². The molecule has 6 heteroatoms. The zero-order valence-electron chi connectivity index (χ0n) is 9.72. The van der Waals surface area contributed by atoms with Gasteiger partial charge in [-0.25, -0.2) is 9.37 Å². The van der Waals surface area contributed by atoms with Crippen LogP contribution in [-0.4, -0.2) is 14.4 Å². The summed E-state index contributed by atoms with van der Waals surface area (Å²) in [6.07, 6.45) is 3.18. The molecule has 1 aliphatic carbocycles. The van der Waals surface area contributed by atoms with Crippen molar-refractivity contribution in [2.24, 2.45) is 5.73 Å². The highest BCUT2D eigenvalue weighted by Gasteiger charge is 2.32. The van der Waals surface area contributed by atoms with Gasteiger partial charge in [-0.15, -0.1) is 0 Å². The van der Waals surface area contributed by atoms with Gasteiger partial charge in [0.25, 0.3) is 5.56 Å². The zero-order chi connectivity index (χ0) is 13.1. The molecule has 0 spiro atoms. The van der Waals surface area contributed by atoms with E-state index in [1.807, 2.05) is 0 Å². The van der Waals surface area contributed by atoms with Crippen molar-refractivity contribution in [2.45, 2.75) is 6.04 Å². The highest BCUT2D eigenvalue weighted by molar-refractivity contribution is 5.75. The Morgan fingerprint density at radius 1 is 1.42 bits per heavy atom. The number of nitrogens with two attached hydrogens (primary N) is 1. The van der Waals surface area contributed by atoms with Crippen LogP contribution in [0.5, 0.6) is 0 Å². The number of rotatable bonds is 0. The molecule has 19 heavy (non-hydrogen) atoms. The number of benzene rings is 1. The maximum atomic E-state index is 14.0. The van der Waals surface area contributed by atoms with Gasteiger partial charge < -0.3 is 10.7 Å². The van der Waals surface area contributed by atoms with Gasteiger partial charge in [-0.2, -0.15) is 0 Å². The normalized spacial score (nSPS) is 16.6. The van der Waals surface area contributed by atoms with E-state index in [0.29, 0.717) is 22.5 Å². The van der Waals surface area contributed by atoms with Crippen LogP contribution in [0.15, 0.2) is 35.4 Å². The van der Waals surface area contributed by atoms with Gasteiger partial charge in [0.1, 0.15) is 5.82 Å². The first-order valence-electron chi connectivity index (χ1n) is 5.82. The van der Waals surface area contributed by atoms with E-state index in [1.54, 1.807) is 22.7 Å². The summed E-state index contributed by atoms with van der Waals surface area (Å²) in [5.74, 6) is -0.387. The predicted molar refractivity (Wildman–Crippen MR) is 67.2 cm³/mol. The number of aromatic nitrogens is 3. The van der Waals surface area contributed by atoms with E-state index in [-0.39, 0.29) is 17.0 Å². The number of nitrogens with one attached hydrogen (secondary N) is 1. The number of aromatic amines is 1. The molecular weight excluding hydrogens is 247 g/mol. The standard InChI is InChI=1S/C13H9FN4O/c14-7-3-1-2-6-8(7)10-11(9(6)15)18-5-4-16-12(18)13(19)17-10/h1-5,9H,15H2,(H,17,19). The molecule has 1 atom stereocenters. The molecule has 5 nitrogen and oxygen atoms in total. The van der Waals surface area contributed by atoms with Crippen molar-refractivity contribution in [1.29, 1.82) is 0 Å². The minimum absolute atomic E-state index is 0.266. The first-order chi connectivity index (χ1) is 9.18. The number of halogens is 1. The summed E-state index contributed by atoms with van der Waals surface area (Å²) in [6, 6.07) is 4.26. The Kier molecular flexibility index (Phi) is 1.81. The molecule has 1 unspecified atom stereocenters. The van der Waals surface area contributed by atoms with Gasteiger partial charge in [0.05, 0.1) is 17.4 Å². The summed E-state index contributed by atoms with van der Waals surface area (Å²) in [4.78, 5) is 18.6. The SMILES string of the molecule is NC1c2cccc(F)c2-c2[nH]c(=O)c3nccn3c21. The lowest BCUT2D eigenvalue weighted by atomic mass is 10.1. The molecule has 0 saturated heterocycles. The molecule has 0 bridgehead atoms. The number of imidazole rings is 1. The molecule has 0 aliphatic heterocycles. The van der Waals surface area contributed by atoms with Crippen LogP contribution in [0.1, 0.15) is 17.3 Å². The summed E-state index contributed by atoms with van der Waals surface area (Å²) in [6.45, 7) is 0. The molecule has 0 radical (unpaired) electrons. The Morgan fingerprint density at radius 3 is 3.11 bits per heavy atom. The van der Waals surface area contributed by atoms with E-state index in [0.717, 1.165) is 0 Å². The van der Waals surface area contributed by atoms with Crippen LogP contribution in [0.25, 0.3) is 16.9 Å². The van der Waals surface area contributed by atoms with Gasteiger partial charge in [-0.1, -0.05) is 12.1 Å². The quantitative estimate of drug-likeness (QED) is 0.634. The van der Waals surface area contributed by atoms with E-state index in [9.17, 15) is 9.18 Å². The molecule has 1 aromatic carbocycles. The predicted octanol–water partition coefficient (Wildman–Crippen LogP) is 1.19. The van der Waals surface area contributed by atoms with Gasteiger partial charge >= 0.3 is 0 Å². The van der Waals surface area contributed by atoms with E-state index in [4.69, 9.17) is 5.73 Å². The van der Waals surface area contributed by atoms with Gasteiger partial charge in [-0.05, 0) is 11.6 Å². The van der Waals surface area contributed by atoms with E-state index < -0.39 is 6.04 Å².